The lowest BCUT2D eigenvalue weighted by molar-refractivity contribution is -0.156. The Balaban J connectivity index is 2.11. The average Bonchev–Trinajstić information content (AvgIpc) is 2.36. The number of carbonyl (C=O) groups excluding carboxylic acids is 1. The Hall–Kier alpha value is -2.09. The molecule has 1 aliphatic carbocycles. The lowest BCUT2D eigenvalue weighted by Crippen LogP contribution is -2.43. The van der Waals surface area contributed by atoms with Gasteiger partial charge in [-0.05, 0) is 5.56 Å². The van der Waals surface area contributed by atoms with Crippen LogP contribution in [0, 0.1) is 0 Å². The summed E-state index contributed by atoms with van der Waals surface area (Å²) in [4.78, 5) is 11.4. The minimum Gasteiger partial charge on any atom is -0.449 e. The summed E-state index contributed by atoms with van der Waals surface area (Å²) in [6.45, 7) is 1.46. The van der Waals surface area contributed by atoms with Crippen LogP contribution in [0.4, 0.5) is 0 Å². The number of hydrogen-bond donors (Lipinski definition) is 0. The van der Waals surface area contributed by atoms with E-state index in [1.807, 2.05) is 48.5 Å². The second-order valence-corrected chi connectivity index (χ2v) is 4.62. The molecule has 0 heterocycles. The van der Waals surface area contributed by atoms with Crippen LogP contribution in [-0.2, 0) is 21.6 Å². The maximum atomic E-state index is 11.4. The molecule has 3 rings (SSSR count). The van der Waals surface area contributed by atoms with E-state index in [-0.39, 0.29) is 5.97 Å². The first-order chi connectivity index (χ1) is 8.72. The van der Waals surface area contributed by atoms with Crippen LogP contribution in [0.15, 0.2) is 54.6 Å². The minimum atomic E-state index is -0.580. The second-order valence-electron chi connectivity index (χ2n) is 4.62. The first-order valence-electron chi connectivity index (χ1n) is 6.06. The van der Waals surface area contributed by atoms with Crippen LogP contribution in [0.25, 0.3) is 0 Å². The van der Waals surface area contributed by atoms with Crippen molar-refractivity contribution in [2.24, 2.45) is 0 Å². The highest BCUT2D eigenvalue weighted by atomic mass is 16.6. The fraction of sp³-hybridized carbons (Fsp3) is 0.188. The molecule has 18 heavy (non-hydrogen) atoms. The van der Waals surface area contributed by atoms with Crippen LogP contribution < -0.4 is 0 Å². The number of fused-ring (bicyclic) bond motifs is 1. The molecule has 0 amide bonds. The number of benzene rings is 2. The van der Waals surface area contributed by atoms with E-state index >= 15 is 0 Å². The van der Waals surface area contributed by atoms with Crippen molar-refractivity contribution in [2.75, 3.05) is 0 Å². The van der Waals surface area contributed by atoms with Crippen LogP contribution in [0.5, 0.6) is 0 Å². The van der Waals surface area contributed by atoms with Gasteiger partial charge < -0.3 is 4.74 Å². The van der Waals surface area contributed by atoms with Crippen molar-refractivity contribution in [2.45, 2.75) is 18.9 Å². The van der Waals surface area contributed by atoms with Crippen molar-refractivity contribution in [1.82, 2.24) is 0 Å². The number of rotatable bonds is 2. The van der Waals surface area contributed by atoms with Crippen molar-refractivity contribution in [3.63, 3.8) is 0 Å². The van der Waals surface area contributed by atoms with E-state index in [0.29, 0.717) is 0 Å². The largest absolute Gasteiger partial charge is 0.449 e. The summed E-state index contributed by atoms with van der Waals surface area (Å²) in [6, 6.07) is 18.1. The lowest BCUT2D eigenvalue weighted by Gasteiger charge is -2.43. The molecule has 0 unspecified atom stereocenters. The smallest absolute Gasteiger partial charge is 0.303 e. The average molecular weight is 238 g/mol. The van der Waals surface area contributed by atoms with E-state index in [2.05, 4.69) is 6.07 Å². The second kappa shape index (κ2) is 3.98. The molecule has 1 aliphatic rings. The zero-order valence-electron chi connectivity index (χ0n) is 10.2. The Labute approximate surface area is 106 Å². The first kappa shape index (κ1) is 11.0. The predicted octanol–water partition coefficient (Wildman–Crippen LogP) is 3.05. The summed E-state index contributed by atoms with van der Waals surface area (Å²) in [7, 11) is 0. The summed E-state index contributed by atoms with van der Waals surface area (Å²) in [6.07, 6.45) is 0.757. The van der Waals surface area contributed by atoms with Gasteiger partial charge in [0.1, 0.15) is 0 Å². The molecule has 0 bridgehead atoms. The molecule has 0 saturated heterocycles. The summed E-state index contributed by atoms with van der Waals surface area (Å²) >= 11 is 0. The molecule has 0 spiro atoms. The van der Waals surface area contributed by atoms with Crippen LogP contribution in [0.3, 0.4) is 0 Å². The highest BCUT2D eigenvalue weighted by Gasteiger charge is 2.46. The molecule has 0 aromatic heterocycles. The maximum absolute atomic E-state index is 11.4. The van der Waals surface area contributed by atoms with Gasteiger partial charge in [0.25, 0.3) is 0 Å². The highest BCUT2D eigenvalue weighted by Crippen LogP contribution is 2.47. The molecule has 2 nitrogen and oxygen atoms in total. The van der Waals surface area contributed by atoms with E-state index in [0.717, 1.165) is 17.5 Å². The van der Waals surface area contributed by atoms with Gasteiger partial charge in [0.05, 0.1) is 0 Å². The zero-order chi connectivity index (χ0) is 12.6. The molecule has 1 atom stereocenters. The molecule has 0 aliphatic heterocycles. The highest BCUT2D eigenvalue weighted by molar-refractivity contribution is 5.69. The third kappa shape index (κ3) is 1.53. The fourth-order valence-corrected chi connectivity index (χ4v) is 2.69. The van der Waals surface area contributed by atoms with Crippen LogP contribution in [0.1, 0.15) is 23.6 Å². The van der Waals surface area contributed by atoms with E-state index in [4.69, 9.17) is 4.74 Å². The topological polar surface area (TPSA) is 26.3 Å². The number of esters is 1. The fourth-order valence-electron chi connectivity index (χ4n) is 2.69. The van der Waals surface area contributed by atoms with Crippen LogP contribution in [0.2, 0.25) is 0 Å². The minimum absolute atomic E-state index is 0.242. The van der Waals surface area contributed by atoms with Gasteiger partial charge in [0.15, 0.2) is 5.60 Å². The summed E-state index contributed by atoms with van der Waals surface area (Å²) in [5.41, 5.74) is 2.82. The lowest BCUT2D eigenvalue weighted by atomic mass is 9.69. The molecule has 2 aromatic rings. The molecular formula is C16H14O2. The molecule has 0 N–H and O–H groups in total. The quantitative estimate of drug-likeness (QED) is 0.752. The standard InChI is InChI=1S/C16H14O2/c1-12(17)18-16(14-8-3-2-4-9-14)11-13-7-5-6-10-15(13)16/h2-10H,11H2,1H3/t16-/m0/s1. The molecule has 2 heteroatoms. The maximum Gasteiger partial charge on any atom is 0.303 e. The van der Waals surface area contributed by atoms with Gasteiger partial charge >= 0.3 is 5.97 Å². The number of hydrogen-bond acceptors (Lipinski definition) is 2. The molecular weight excluding hydrogens is 224 g/mol. The summed E-state index contributed by atoms with van der Waals surface area (Å²) in [5.74, 6) is -0.242. The SMILES string of the molecule is CC(=O)O[C@]1(c2ccccc2)Cc2ccccc21. The summed E-state index contributed by atoms with van der Waals surface area (Å²) in [5, 5.41) is 0. The Kier molecular flexibility index (Phi) is 2.44. The van der Waals surface area contributed by atoms with E-state index in [1.165, 1.54) is 12.5 Å². The molecule has 0 saturated carbocycles. The Bertz CT molecular complexity index is 589. The van der Waals surface area contributed by atoms with Gasteiger partial charge in [-0.15, -0.1) is 0 Å². The van der Waals surface area contributed by atoms with E-state index < -0.39 is 5.60 Å². The third-order valence-corrected chi connectivity index (χ3v) is 3.45. The molecule has 90 valence electrons. The Morgan fingerprint density at radius 3 is 2.39 bits per heavy atom. The van der Waals surface area contributed by atoms with Crippen molar-refractivity contribution in [1.29, 1.82) is 0 Å². The van der Waals surface area contributed by atoms with Gasteiger partial charge in [-0.2, -0.15) is 0 Å². The number of ether oxygens (including phenoxy) is 1. The van der Waals surface area contributed by atoms with Gasteiger partial charge in [0, 0.05) is 24.5 Å². The zero-order valence-corrected chi connectivity index (χ0v) is 10.2. The molecule has 0 radical (unpaired) electrons. The number of carbonyl (C=O) groups is 1. The third-order valence-electron chi connectivity index (χ3n) is 3.45. The van der Waals surface area contributed by atoms with Crippen LogP contribution >= 0.6 is 0 Å². The normalized spacial score (nSPS) is 20.7. The summed E-state index contributed by atoms with van der Waals surface area (Å²) < 4.78 is 5.65. The van der Waals surface area contributed by atoms with E-state index in [1.54, 1.807) is 0 Å². The molecule has 0 fully saturated rings. The first-order valence-corrected chi connectivity index (χ1v) is 6.06. The monoisotopic (exact) mass is 238 g/mol. The van der Waals surface area contributed by atoms with E-state index in [9.17, 15) is 4.79 Å². The van der Waals surface area contributed by atoms with Crippen LogP contribution in [-0.4, -0.2) is 5.97 Å². The van der Waals surface area contributed by atoms with Crippen molar-refractivity contribution in [3.05, 3.63) is 71.3 Å². The van der Waals surface area contributed by atoms with Gasteiger partial charge in [-0.1, -0.05) is 54.6 Å². The van der Waals surface area contributed by atoms with Gasteiger partial charge in [-0.3, -0.25) is 4.79 Å². The van der Waals surface area contributed by atoms with Gasteiger partial charge in [-0.25, -0.2) is 0 Å². The van der Waals surface area contributed by atoms with Gasteiger partial charge in [0.2, 0.25) is 0 Å². The van der Waals surface area contributed by atoms with Crippen molar-refractivity contribution < 1.29 is 9.53 Å². The Morgan fingerprint density at radius 2 is 1.72 bits per heavy atom. The molecule has 2 aromatic carbocycles. The predicted molar refractivity (Wildman–Crippen MR) is 69.1 cm³/mol. The Morgan fingerprint density at radius 1 is 1.06 bits per heavy atom. The van der Waals surface area contributed by atoms with Crippen molar-refractivity contribution in [3.8, 4) is 0 Å². The van der Waals surface area contributed by atoms with Crippen molar-refractivity contribution >= 4 is 5.97 Å².